The van der Waals surface area contributed by atoms with Crippen LogP contribution in [-0.4, -0.2) is 33.1 Å². The first-order valence-electron chi connectivity index (χ1n) is 5.23. The molecule has 104 valence electrons. The standard InChI is InChI=1S/C10H8IN5O4/c1-20-10-13-9(14-15-10)12-8(17)6-4-5(16(18)19)2-3-7(6)11/h2-4H,1H3,(H2,12,13,14,15,17). The predicted octanol–water partition coefficient (Wildman–Crippen LogP) is 1.58. The summed E-state index contributed by atoms with van der Waals surface area (Å²) >= 11 is 1.92. The third-order valence-corrected chi connectivity index (χ3v) is 3.23. The molecule has 1 aromatic carbocycles. The molecule has 1 heterocycles. The van der Waals surface area contributed by atoms with E-state index in [0.717, 1.165) is 0 Å². The number of carbonyl (C=O) groups excluding carboxylic acids is 1. The minimum absolute atomic E-state index is 0.0778. The number of aromatic nitrogens is 3. The van der Waals surface area contributed by atoms with Gasteiger partial charge in [0.1, 0.15) is 0 Å². The number of ether oxygens (including phenoxy) is 1. The van der Waals surface area contributed by atoms with Gasteiger partial charge in [-0.1, -0.05) is 0 Å². The largest absolute Gasteiger partial charge is 0.466 e. The Bertz CT molecular complexity index is 671. The monoisotopic (exact) mass is 389 g/mol. The molecule has 2 N–H and O–H groups in total. The lowest BCUT2D eigenvalue weighted by Crippen LogP contribution is -2.14. The van der Waals surface area contributed by atoms with Gasteiger partial charge in [0.2, 0.25) is 5.95 Å². The molecule has 9 nitrogen and oxygen atoms in total. The van der Waals surface area contributed by atoms with Gasteiger partial charge in [-0.3, -0.25) is 20.2 Å². The number of nitro benzene ring substituents is 1. The van der Waals surface area contributed by atoms with Crippen molar-refractivity contribution in [2.45, 2.75) is 0 Å². The van der Waals surface area contributed by atoms with Gasteiger partial charge in [0.05, 0.1) is 17.6 Å². The van der Waals surface area contributed by atoms with Crippen molar-refractivity contribution < 1.29 is 14.5 Å². The minimum atomic E-state index is -0.565. The van der Waals surface area contributed by atoms with Gasteiger partial charge in [-0.25, -0.2) is 5.10 Å². The van der Waals surface area contributed by atoms with Gasteiger partial charge in [-0.05, 0) is 28.7 Å². The second kappa shape index (κ2) is 5.81. The predicted molar refractivity (Wildman–Crippen MR) is 76.7 cm³/mol. The van der Waals surface area contributed by atoms with Gasteiger partial charge in [0.25, 0.3) is 11.6 Å². The van der Waals surface area contributed by atoms with E-state index in [1.807, 2.05) is 22.6 Å². The lowest BCUT2D eigenvalue weighted by molar-refractivity contribution is -0.384. The van der Waals surface area contributed by atoms with Crippen molar-refractivity contribution in [2.75, 3.05) is 12.4 Å². The highest BCUT2D eigenvalue weighted by Gasteiger charge is 2.17. The quantitative estimate of drug-likeness (QED) is 0.465. The molecule has 0 unspecified atom stereocenters. The highest BCUT2D eigenvalue weighted by atomic mass is 127. The maximum Gasteiger partial charge on any atom is 0.336 e. The molecule has 0 fully saturated rings. The van der Waals surface area contributed by atoms with Crippen LogP contribution < -0.4 is 10.1 Å². The Morgan fingerprint density at radius 3 is 2.90 bits per heavy atom. The molecule has 2 rings (SSSR count). The normalized spacial score (nSPS) is 10.1. The molecule has 0 bridgehead atoms. The van der Waals surface area contributed by atoms with Crippen molar-refractivity contribution in [3.8, 4) is 6.01 Å². The van der Waals surface area contributed by atoms with Crippen molar-refractivity contribution in [1.29, 1.82) is 0 Å². The van der Waals surface area contributed by atoms with Gasteiger partial charge < -0.3 is 4.74 Å². The summed E-state index contributed by atoms with van der Waals surface area (Å²) < 4.78 is 5.34. The second-order valence-electron chi connectivity index (χ2n) is 3.55. The molecule has 0 aliphatic rings. The van der Waals surface area contributed by atoms with E-state index in [1.165, 1.54) is 25.3 Å². The molecule has 0 saturated carbocycles. The Morgan fingerprint density at radius 2 is 2.30 bits per heavy atom. The topological polar surface area (TPSA) is 123 Å². The molecular weight excluding hydrogens is 381 g/mol. The molecule has 0 atom stereocenters. The number of rotatable bonds is 4. The van der Waals surface area contributed by atoms with E-state index in [-0.39, 0.29) is 23.2 Å². The summed E-state index contributed by atoms with van der Waals surface area (Å²) in [5.74, 6) is -0.439. The first kappa shape index (κ1) is 14.2. The van der Waals surface area contributed by atoms with E-state index in [2.05, 4.69) is 20.5 Å². The van der Waals surface area contributed by atoms with Crippen LogP contribution in [0, 0.1) is 13.7 Å². The van der Waals surface area contributed by atoms with Gasteiger partial charge in [-0.15, -0.1) is 5.10 Å². The molecule has 0 radical (unpaired) electrons. The van der Waals surface area contributed by atoms with Crippen molar-refractivity contribution in [1.82, 2.24) is 15.2 Å². The summed E-state index contributed by atoms with van der Waals surface area (Å²) in [6, 6.07) is 4.10. The van der Waals surface area contributed by atoms with E-state index in [0.29, 0.717) is 3.57 Å². The molecule has 0 aliphatic carbocycles. The fraction of sp³-hybridized carbons (Fsp3) is 0.100. The number of hydrogen-bond donors (Lipinski definition) is 2. The molecule has 10 heteroatoms. The van der Waals surface area contributed by atoms with Crippen LogP contribution in [0.5, 0.6) is 6.01 Å². The lowest BCUT2D eigenvalue weighted by atomic mass is 10.2. The van der Waals surface area contributed by atoms with Crippen LogP contribution in [0.2, 0.25) is 0 Å². The van der Waals surface area contributed by atoms with Crippen LogP contribution in [0.4, 0.5) is 11.6 Å². The van der Waals surface area contributed by atoms with Gasteiger partial charge in [0, 0.05) is 15.7 Å². The van der Waals surface area contributed by atoms with Crippen LogP contribution in [0.1, 0.15) is 10.4 Å². The Labute approximate surface area is 126 Å². The van der Waals surface area contributed by atoms with E-state index in [9.17, 15) is 14.9 Å². The molecular formula is C10H8IN5O4. The third kappa shape index (κ3) is 3.01. The number of benzene rings is 1. The molecule has 1 aromatic heterocycles. The first-order chi connectivity index (χ1) is 9.51. The smallest absolute Gasteiger partial charge is 0.336 e. The number of methoxy groups -OCH3 is 1. The second-order valence-corrected chi connectivity index (χ2v) is 4.71. The average Bonchev–Trinajstić information content (AvgIpc) is 2.86. The fourth-order valence-corrected chi connectivity index (χ4v) is 1.95. The van der Waals surface area contributed by atoms with Crippen LogP contribution in [0.25, 0.3) is 0 Å². The lowest BCUT2D eigenvalue weighted by Gasteiger charge is -2.03. The Hall–Kier alpha value is -2.24. The summed E-state index contributed by atoms with van der Waals surface area (Å²) in [6.07, 6.45) is 0. The van der Waals surface area contributed by atoms with E-state index in [4.69, 9.17) is 4.74 Å². The number of H-pyrrole nitrogens is 1. The van der Waals surface area contributed by atoms with Crippen LogP contribution >= 0.6 is 22.6 Å². The summed E-state index contributed by atoms with van der Waals surface area (Å²) in [5, 5.41) is 19.3. The van der Waals surface area contributed by atoms with Crippen molar-refractivity contribution in [2.24, 2.45) is 0 Å². The van der Waals surface area contributed by atoms with Crippen molar-refractivity contribution >= 4 is 40.1 Å². The zero-order valence-electron chi connectivity index (χ0n) is 10.1. The highest BCUT2D eigenvalue weighted by Crippen LogP contribution is 2.20. The Kier molecular flexibility index (Phi) is 4.12. The maximum atomic E-state index is 12.0. The van der Waals surface area contributed by atoms with E-state index in [1.54, 1.807) is 0 Å². The number of nitrogens with one attached hydrogen (secondary N) is 2. The molecule has 0 saturated heterocycles. The fourth-order valence-electron chi connectivity index (χ4n) is 1.37. The van der Waals surface area contributed by atoms with Gasteiger partial charge in [0.15, 0.2) is 0 Å². The summed E-state index contributed by atoms with van der Waals surface area (Å²) in [7, 11) is 1.39. The molecule has 1 amide bonds. The molecule has 2 aromatic rings. The van der Waals surface area contributed by atoms with Crippen molar-refractivity contribution in [3.05, 3.63) is 37.4 Å². The Morgan fingerprint density at radius 1 is 1.55 bits per heavy atom. The first-order valence-corrected chi connectivity index (χ1v) is 6.31. The molecule has 0 spiro atoms. The third-order valence-electron chi connectivity index (χ3n) is 2.28. The maximum absolute atomic E-state index is 12.0. The number of amides is 1. The number of aromatic amines is 1. The van der Waals surface area contributed by atoms with E-state index < -0.39 is 10.8 Å². The van der Waals surface area contributed by atoms with Crippen LogP contribution in [-0.2, 0) is 0 Å². The SMILES string of the molecule is COc1n[nH]c(NC(=O)c2cc([N+](=O)[O-])ccc2I)n1. The number of nitro groups is 1. The van der Waals surface area contributed by atoms with E-state index >= 15 is 0 Å². The zero-order chi connectivity index (χ0) is 14.7. The summed E-state index contributed by atoms with van der Waals surface area (Å²) in [6.45, 7) is 0. The molecule has 20 heavy (non-hydrogen) atoms. The van der Waals surface area contributed by atoms with Gasteiger partial charge in [-0.2, -0.15) is 4.98 Å². The number of carbonyl (C=O) groups is 1. The number of nitrogens with zero attached hydrogens (tertiary/aromatic N) is 3. The highest BCUT2D eigenvalue weighted by molar-refractivity contribution is 14.1. The summed E-state index contributed by atoms with van der Waals surface area (Å²) in [4.78, 5) is 26.0. The summed E-state index contributed by atoms with van der Waals surface area (Å²) in [5.41, 5.74) is 0.0147. The van der Waals surface area contributed by atoms with Crippen LogP contribution in [0.3, 0.4) is 0 Å². The Balaban J connectivity index is 2.24. The molecule has 0 aliphatic heterocycles. The minimum Gasteiger partial charge on any atom is -0.466 e. The number of halogens is 1. The number of non-ortho nitro benzene ring substituents is 1. The zero-order valence-corrected chi connectivity index (χ0v) is 12.2. The van der Waals surface area contributed by atoms with Gasteiger partial charge >= 0.3 is 6.01 Å². The average molecular weight is 389 g/mol. The number of hydrogen-bond acceptors (Lipinski definition) is 6. The van der Waals surface area contributed by atoms with Crippen LogP contribution in [0.15, 0.2) is 18.2 Å². The van der Waals surface area contributed by atoms with Crippen molar-refractivity contribution in [3.63, 3.8) is 0 Å². The number of anilines is 1.